The summed E-state index contributed by atoms with van der Waals surface area (Å²) in [5.74, 6) is 0.183. The van der Waals surface area contributed by atoms with E-state index >= 15 is 0 Å². The first-order valence-corrected chi connectivity index (χ1v) is 6.75. The normalized spacial score (nSPS) is 18.9. The Balaban J connectivity index is 2.11. The minimum Gasteiger partial charge on any atom is -0.381 e. The first-order valence-electron chi connectivity index (χ1n) is 6.75. The number of amides is 1. The first-order chi connectivity index (χ1) is 8.16. The molecule has 0 aromatic heterocycles. The summed E-state index contributed by atoms with van der Waals surface area (Å²) in [6.07, 6.45) is 6.76. The van der Waals surface area contributed by atoms with Gasteiger partial charge in [-0.15, -0.1) is 0 Å². The molecule has 1 rings (SSSR count). The molecule has 0 spiro atoms. The van der Waals surface area contributed by atoms with Gasteiger partial charge in [-0.1, -0.05) is 12.8 Å². The third-order valence-electron chi connectivity index (χ3n) is 3.40. The van der Waals surface area contributed by atoms with E-state index in [9.17, 15) is 4.79 Å². The molecule has 1 amide bonds. The number of nitrogens with one attached hydrogen (secondary N) is 1. The Labute approximate surface area is 104 Å². The summed E-state index contributed by atoms with van der Waals surface area (Å²) < 4.78 is 5.31. The number of nitrogens with two attached hydrogens (primary N) is 1. The van der Waals surface area contributed by atoms with Gasteiger partial charge in [-0.3, -0.25) is 4.79 Å². The van der Waals surface area contributed by atoms with Crippen molar-refractivity contribution in [2.45, 2.75) is 57.4 Å². The third kappa shape index (κ3) is 6.03. The van der Waals surface area contributed by atoms with Gasteiger partial charge in [0, 0.05) is 25.2 Å². The molecule has 4 heteroatoms. The Bertz CT molecular complexity index is 225. The number of ether oxygens (including phenoxy) is 1. The van der Waals surface area contributed by atoms with Gasteiger partial charge in [0.1, 0.15) is 0 Å². The largest absolute Gasteiger partial charge is 0.381 e. The van der Waals surface area contributed by atoms with Crippen LogP contribution in [0.4, 0.5) is 0 Å². The second kappa shape index (κ2) is 7.67. The lowest BCUT2D eigenvalue weighted by Gasteiger charge is -2.34. The van der Waals surface area contributed by atoms with E-state index in [0.717, 1.165) is 58.3 Å². The van der Waals surface area contributed by atoms with Gasteiger partial charge in [-0.25, -0.2) is 0 Å². The van der Waals surface area contributed by atoms with Gasteiger partial charge in [0.05, 0.1) is 0 Å². The highest BCUT2D eigenvalue weighted by Gasteiger charge is 2.28. The fraction of sp³-hybridized carbons (Fsp3) is 0.923. The van der Waals surface area contributed by atoms with Crippen LogP contribution in [0.5, 0.6) is 0 Å². The molecule has 1 aliphatic heterocycles. The summed E-state index contributed by atoms with van der Waals surface area (Å²) in [6, 6.07) is 0. The van der Waals surface area contributed by atoms with Crippen LogP contribution in [0, 0.1) is 0 Å². The first kappa shape index (κ1) is 14.5. The fourth-order valence-electron chi connectivity index (χ4n) is 2.13. The highest BCUT2D eigenvalue weighted by molar-refractivity contribution is 5.76. The van der Waals surface area contributed by atoms with E-state index in [2.05, 4.69) is 12.2 Å². The van der Waals surface area contributed by atoms with Crippen molar-refractivity contribution in [3.05, 3.63) is 0 Å². The number of carbonyl (C=O) groups is 1. The van der Waals surface area contributed by atoms with Crippen LogP contribution in [0.25, 0.3) is 0 Å². The number of hydrogen-bond acceptors (Lipinski definition) is 3. The molecule has 100 valence electrons. The second-order valence-corrected chi connectivity index (χ2v) is 5.17. The Hall–Kier alpha value is -0.610. The summed E-state index contributed by atoms with van der Waals surface area (Å²) in [4.78, 5) is 11.8. The van der Waals surface area contributed by atoms with Crippen LogP contribution in [0.3, 0.4) is 0 Å². The van der Waals surface area contributed by atoms with E-state index < -0.39 is 0 Å². The van der Waals surface area contributed by atoms with Gasteiger partial charge in [0.2, 0.25) is 5.91 Å². The molecule has 1 fully saturated rings. The maximum absolute atomic E-state index is 11.8. The maximum atomic E-state index is 11.8. The van der Waals surface area contributed by atoms with E-state index in [1.165, 1.54) is 0 Å². The Morgan fingerprint density at radius 1 is 1.24 bits per heavy atom. The molecule has 0 radical (unpaired) electrons. The van der Waals surface area contributed by atoms with Crippen LogP contribution in [-0.2, 0) is 9.53 Å². The maximum Gasteiger partial charge on any atom is 0.220 e. The van der Waals surface area contributed by atoms with Gasteiger partial charge in [-0.05, 0) is 39.2 Å². The van der Waals surface area contributed by atoms with Crippen LogP contribution in [0.2, 0.25) is 0 Å². The molecule has 0 atom stereocenters. The molecule has 1 saturated heterocycles. The van der Waals surface area contributed by atoms with Crippen molar-refractivity contribution in [3.8, 4) is 0 Å². The van der Waals surface area contributed by atoms with E-state index in [1.807, 2.05) is 0 Å². The van der Waals surface area contributed by atoms with Crippen molar-refractivity contribution < 1.29 is 9.53 Å². The lowest BCUT2D eigenvalue weighted by molar-refractivity contribution is -0.124. The number of unbranched alkanes of at least 4 members (excludes halogenated alkanes) is 3. The van der Waals surface area contributed by atoms with Gasteiger partial charge >= 0.3 is 0 Å². The average Bonchev–Trinajstić information content (AvgIpc) is 2.29. The van der Waals surface area contributed by atoms with Crippen molar-refractivity contribution in [2.75, 3.05) is 19.8 Å². The van der Waals surface area contributed by atoms with Crippen molar-refractivity contribution in [1.82, 2.24) is 5.32 Å². The van der Waals surface area contributed by atoms with E-state index in [0.29, 0.717) is 6.42 Å². The highest BCUT2D eigenvalue weighted by atomic mass is 16.5. The zero-order valence-corrected chi connectivity index (χ0v) is 11.0. The van der Waals surface area contributed by atoms with Crippen molar-refractivity contribution in [2.24, 2.45) is 5.73 Å². The van der Waals surface area contributed by atoms with Gasteiger partial charge in [-0.2, -0.15) is 0 Å². The molecular weight excluding hydrogens is 216 g/mol. The van der Waals surface area contributed by atoms with Crippen molar-refractivity contribution >= 4 is 5.91 Å². The molecular formula is C13H26N2O2. The highest BCUT2D eigenvalue weighted by Crippen LogP contribution is 2.19. The Morgan fingerprint density at radius 3 is 2.53 bits per heavy atom. The lowest BCUT2D eigenvalue weighted by Crippen LogP contribution is -2.49. The zero-order valence-electron chi connectivity index (χ0n) is 11.0. The molecule has 0 aromatic rings. The molecule has 1 aliphatic rings. The minimum absolute atomic E-state index is 0.0490. The number of rotatable bonds is 7. The molecule has 0 bridgehead atoms. The third-order valence-corrected chi connectivity index (χ3v) is 3.40. The van der Waals surface area contributed by atoms with Gasteiger partial charge < -0.3 is 15.8 Å². The molecule has 3 N–H and O–H groups in total. The summed E-state index contributed by atoms with van der Waals surface area (Å²) in [5, 5.41) is 3.14. The van der Waals surface area contributed by atoms with E-state index in [1.54, 1.807) is 0 Å². The second-order valence-electron chi connectivity index (χ2n) is 5.17. The summed E-state index contributed by atoms with van der Waals surface area (Å²) in [7, 11) is 0. The number of hydrogen-bond donors (Lipinski definition) is 2. The van der Waals surface area contributed by atoms with E-state index in [-0.39, 0.29) is 11.4 Å². The predicted molar refractivity (Wildman–Crippen MR) is 68.7 cm³/mol. The fourth-order valence-corrected chi connectivity index (χ4v) is 2.13. The van der Waals surface area contributed by atoms with Crippen molar-refractivity contribution in [1.29, 1.82) is 0 Å². The molecule has 0 unspecified atom stereocenters. The molecule has 0 aromatic carbocycles. The predicted octanol–water partition coefficient (Wildman–Crippen LogP) is 1.58. The minimum atomic E-state index is -0.0490. The monoisotopic (exact) mass is 242 g/mol. The van der Waals surface area contributed by atoms with E-state index in [4.69, 9.17) is 10.5 Å². The SMILES string of the molecule is CC1(NC(=O)CCCCCCN)CCOCC1. The smallest absolute Gasteiger partial charge is 0.220 e. The Morgan fingerprint density at radius 2 is 1.88 bits per heavy atom. The topological polar surface area (TPSA) is 64.4 Å². The molecule has 1 heterocycles. The van der Waals surface area contributed by atoms with Crippen LogP contribution in [0.1, 0.15) is 51.9 Å². The quantitative estimate of drug-likeness (QED) is 0.666. The van der Waals surface area contributed by atoms with Gasteiger partial charge in [0.15, 0.2) is 0 Å². The lowest BCUT2D eigenvalue weighted by atomic mass is 9.92. The summed E-state index contributed by atoms with van der Waals surface area (Å²) >= 11 is 0. The molecule has 0 aliphatic carbocycles. The molecule has 17 heavy (non-hydrogen) atoms. The van der Waals surface area contributed by atoms with Crippen LogP contribution in [0.15, 0.2) is 0 Å². The summed E-state index contributed by atoms with van der Waals surface area (Å²) in [5.41, 5.74) is 5.37. The summed E-state index contributed by atoms with van der Waals surface area (Å²) in [6.45, 7) is 4.38. The van der Waals surface area contributed by atoms with Crippen LogP contribution >= 0.6 is 0 Å². The zero-order chi connectivity index (χ0) is 12.6. The average molecular weight is 242 g/mol. The van der Waals surface area contributed by atoms with Crippen LogP contribution in [-0.4, -0.2) is 31.2 Å². The van der Waals surface area contributed by atoms with Crippen molar-refractivity contribution in [3.63, 3.8) is 0 Å². The standard InChI is InChI=1S/C13H26N2O2/c1-13(7-10-17-11-8-13)15-12(16)6-4-2-3-5-9-14/h2-11,14H2,1H3,(H,15,16). The molecule has 4 nitrogen and oxygen atoms in total. The van der Waals surface area contributed by atoms with Gasteiger partial charge in [0.25, 0.3) is 0 Å². The van der Waals surface area contributed by atoms with Crippen LogP contribution < -0.4 is 11.1 Å². The number of carbonyl (C=O) groups excluding carboxylic acids is 1. The Kier molecular flexibility index (Phi) is 6.52. The molecule has 0 saturated carbocycles.